The number of fused-ring (bicyclic) bond motifs is 1. The Bertz CT molecular complexity index is 1320. The van der Waals surface area contributed by atoms with Gasteiger partial charge in [0.15, 0.2) is 15.8 Å². The zero-order valence-corrected chi connectivity index (χ0v) is 19.4. The Labute approximate surface area is 188 Å². The van der Waals surface area contributed by atoms with Gasteiger partial charge in [-0.1, -0.05) is 24.3 Å². The number of aryl methyl sites for hydroxylation is 1. The van der Waals surface area contributed by atoms with E-state index in [1.807, 2.05) is 61.3 Å². The Balaban J connectivity index is 1.67. The number of hydrogen-bond donors (Lipinski definition) is 3. The molecule has 4 N–H and O–H groups in total. The molecule has 8 nitrogen and oxygen atoms in total. The average Bonchev–Trinajstić information content (AvgIpc) is 3.11. The van der Waals surface area contributed by atoms with Crippen LogP contribution in [0, 0.1) is 6.92 Å². The number of nitrogens with zero attached hydrogens (tertiary/aromatic N) is 3. The summed E-state index contributed by atoms with van der Waals surface area (Å²) in [5, 5.41) is 11.5. The number of benzene rings is 2. The second kappa shape index (κ2) is 8.31. The van der Waals surface area contributed by atoms with Crippen molar-refractivity contribution in [3.63, 3.8) is 0 Å². The van der Waals surface area contributed by atoms with Gasteiger partial charge in [-0.3, -0.25) is 5.10 Å². The van der Waals surface area contributed by atoms with Gasteiger partial charge in [0.2, 0.25) is 0 Å². The molecule has 1 aliphatic heterocycles. The molecule has 0 radical (unpaired) electrons. The van der Waals surface area contributed by atoms with Crippen molar-refractivity contribution >= 4 is 38.0 Å². The van der Waals surface area contributed by atoms with Crippen molar-refractivity contribution in [1.82, 2.24) is 15.1 Å². The van der Waals surface area contributed by atoms with Crippen molar-refractivity contribution in [2.75, 3.05) is 12.4 Å². The quantitative estimate of drug-likeness (QED) is 0.529. The van der Waals surface area contributed by atoms with Crippen molar-refractivity contribution in [3.05, 3.63) is 65.5 Å². The number of nitrogens with two attached hydrogens (primary N) is 1. The zero-order chi connectivity index (χ0) is 23.0. The Morgan fingerprint density at radius 1 is 1.22 bits per heavy atom. The van der Waals surface area contributed by atoms with Gasteiger partial charge < -0.3 is 16.0 Å². The number of hydrogen-bond acceptors (Lipinski definition) is 7. The van der Waals surface area contributed by atoms with Gasteiger partial charge in [0.1, 0.15) is 6.17 Å². The predicted octanol–water partition coefficient (Wildman–Crippen LogP) is 3.23. The summed E-state index contributed by atoms with van der Waals surface area (Å²) < 4.78 is 24.8. The lowest BCUT2D eigenvalue weighted by Gasteiger charge is -2.34. The van der Waals surface area contributed by atoms with Crippen LogP contribution >= 0.6 is 0 Å². The summed E-state index contributed by atoms with van der Waals surface area (Å²) in [6, 6.07) is 13.6. The lowest BCUT2D eigenvalue weighted by molar-refractivity contribution is 0.461. The van der Waals surface area contributed by atoms with Crippen LogP contribution in [0.25, 0.3) is 16.5 Å². The van der Waals surface area contributed by atoms with Crippen LogP contribution in [-0.4, -0.2) is 47.9 Å². The summed E-state index contributed by atoms with van der Waals surface area (Å²) in [7, 11) is -1.33. The molecule has 2 heterocycles. The minimum absolute atomic E-state index is 0.000303. The molecule has 0 amide bonds. The van der Waals surface area contributed by atoms with Gasteiger partial charge in [-0.05, 0) is 50.1 Å². The molecule has 9 heteroatoms. The van der Waals surface area contributed by atoms with Crippen LogP contribution in [-0.2, 0) is 15.6 Å². The maximum atomic E-state index is 12.4. The monoisotopic (exact) mass is 452 g/mol. The first kappa shape index (κ1) is 21.9. The van der Waals surface area contributed by atoms with Crippen LogP contribution in [0.4, 0.5) is 5.69 Å². The molecular formula is C23H28N6O2S. The lowest BCUT2D eigenvalue weighted by Crippen LogP contribution is -2.48. The van der Waals surface area contributed by atoms with Gasteiger partial charge in [0.25, 0.3) is 0 Å². The van der Waals surface area contributed by atoms with Crippen molar-refractivity contribution in [2.45, 2.75) is 37.9 Å². The first-order valence-corrected chi connectivity index (χ1v) is 12.2. The first-order chi connectivity index (χ1) is 15.2. The Morgan fingerprint density at radius 2 is 2.00 bits per heavy atom. The van der Waals surface area contributed by atoms with E-state index in [0.717, 1.165) is 39.0 Å². The van der Waals surface area contributed by atoms with Crippen LogP contribution in [0.5, 0.6) is 0 Å². The number of aliphatic imine (C=N–C) groups is 1. The molecule has 0 spiro atoms. The third kappa shape index (κ3) is 4.20. The van der Waals surface area contributed by atoms with E-state index in [2.05, 4.69) is 20.5 Å². The number of aromatic amines is 1. The molecular weight excluding hydrogens is 424 g/mol. The van der Waals surface area contributed by atoms with E-state index in [1.54, 1.807) is 20.0 Å². The fraction of sp³-hybridized carbons (Fsp3) is 0.304. The normalized spacial score (nSPS) is 16.9. The van der Waals surface area contributed by atoms with Gasteiger partial charge in [-0.15, -0.1) is 0 Å². The minimum atomic E-state index is -3.20. The second-order valence-electron chi connectivity index (χ2n) is 8.37. The Hall–Kier alpha value is -3.33. The fourth-order valence-corrected chi connectivity index (χ4v) is 4.66. The summed E-state index contributed by atoms with van der Waals surface area (Å²) in [4.78, 5) is 6.18. The van der Waals surface area contributed by atoms with Crippen molar-refractivity contribution in [2.24, 2.45) is 10.7 Å². The highest BCUT2D eigenvalue weighted by molar-refractivity contribution is 7.91. The summed E-state index contributed by atoms with van der Waals surface area (Å²) in [5.41, 5.74) is 11.4. The molecule has 3 aromatic rings. The molecule has 1 atom stereocenters. The van der Waals surface area contributed by atoms with Crippen molar-refractivity contribution in [3.8, 4) is 0 Å². The standard InChI is InChI=1S/C23H28N6O2S/c1-14(2)32(30,31)13-16-6-5-7-17(10-16)20-12-25-23(24)29(4)22(20)26-18-8-9-19-15(3)27-28-21(19)11-18/h5-12,14,22,26H,13H2,1-4H3,(H2,24,25)(H,27,28). The zero-order valence-electron chi connectivity index (χ0n) is 18.6. The van der Waals surface area contributed by atoms with E-state index < -0.39 is 15.1 Å². The molecule has 168 valence electrons. The predicted molar refractivity (Wildman–Crippen MR) is 130 cm³/mol. The highest BCUT2D eigenvalue weighted by Crippen LogP contribution is 2.29. The fourth-order valence-electron chi connectivity index (χ4n) is 3.68. The summed E-state index contributed by atoms with van der Waals surface area (Å²) in [5.74, 6) is 0.391. The molecule has 0 bridgehead atoms. The molecule has 1 unspecified atom stereocenters. The van der Waals surface area contributed by atoms with E-state index in [0.29, 0.717) is 5.96 Å². The number of likely N-dealkylation sites (N-methyl/N-ethyl adjacent to an activating group) is 1. The number of aromatic nitrogens is 2. The number of guanidine groups is 1. The smallest absolute Gasteiger partial charge is 0.197 e. The molecule has 1 aliphatic rings. The highest BCUT2D eigenvalue weighted by Gasteiger charge is 2.26. The van der Waals surface area contributed by atoms with Gasteiger partial charge in [-0.25, -0.2) is 13.4 Å². The number of rotatable bonds is 6. The Kier molecular flexibility index (Phi) is 5.68. The summed E-state index contributed by atoms with van der Waals surface area (Å²) in [6.07, 6.45) is 1.45. The highest BCUT2D eigenvalue weighted by atomic mass is 32.2. The van der Waals surface area contributed by atoms with Crippen LogP contribution < -0.4 is 11.1 Å². The van der Waals surface area contributed by atoms with Crippen molar-refractivity contribution < 1.29 is 8.42 Å². The van der Waals surface area contributed by atoms with Gasteiger partial charge in [-0.2, -0.15) is 5.10 Å². The van der Waals surface area contributed by atoms with E-state index >= 15 is 0 Å². The molecule has 0 fully saturated rings. The summed E-state index contributed by atoms with van der Waals surface area (Å²) in [6.45, 7) is 5.39. The SMILES string of the molecule is Cc1[nH]nc2cc(NC3C(c4cccc(CS(=O)(=O)C(C)C)c4)=CN=C(N)N3C)ccc12. The van der Waals surface area contributed by atoms with E-state index in [1.165, 1.54) is 0 Å². The van der Waals surface area contributed by atoms with Crippen LogP contribution in [0.1, 0.15) is 30.7 Å². The third-order valence-electron chi connectivity index (χ3n) is 5.77. The van der Waals surface area contributed by atoms with Gasteiger partial charge in [0.05, 0.1) is 16.5 Å². The van der Waals surface area contributed by atoms with Gasteiger partial charge >= 0.3 is 0 Å². The van der Waals surface area contributed by atoms with E-state index in [-0.39, 0.29) is 11.9 Å². The maximum absolute atomic E-state index is 12.4. The topological polar surface area (TPSA) is 116 Å². The third-order valence-corrected chi connectivity index (χ3v) is 7.95. The minimum Gasteiger partial charge on any atom is -0.369 e. The molecule has 32 heavy (non-hydrogen) atoms. The van der Waals surface area contributed by atoms with E-state index in [9.17, 15) is 8.42 Å². The van der Waals surface area contributed by atoms with Crippen molar-refractivity contribution in [1.29, 1.82) is 0 Å². The van der Waals surface area contributed by atoms with Crippen LogP contribution in [0.3, 0.4) is 0 Å². The number of sulfone groups is 1. The molecule has 0 aliphatic carbocycles. The average molecular weight is 453 g/mol. The maximum Gasteiger partial charge on any atom is 0.197 e. The van der Waals surface area contributed by atoms with Gasteiger partial charge in [0, 0.05) is 35.6 Å². The molecule has 0 saturated carbocycles. The summed E-state index contributed by atoms with van der Waals surface area (Å²) >= 11 is 0. The molecule has 4 rings (SSSR count). The number of H-pyrrole nitrogens is 1. The Morgan fingerprint density at radius 3 is 2.75 bits per heavy atom. The second-order valence-corrected chi connectivity index (χ2v) is 10.9. The largest absolute Gasteiger partial charge is 0.369 e. The number of nitrogens with one attached hydrogen (secondary N) is 2. The van der Waals surface area contributed by atoms with Crippen LogP contribution in [0.15, 0.2) is 53.7 Å². The molecule has 2 aromatic carbocycles. The van der Waals surface area contributed by atoms with E-state index in [4.69, 9.17) is 5.73 Å². The molecule has 0 saturated heterocycles. The lowest BCUT2D eigenvalue weighted by atomic mass is 10.00. The first-order valence-electron chi connectivity index (χ1n) is 10.4. The molecule has 1 aromatic heterocycles. The van der Waals surface area contributed by atoms with Crippen LogP contribution in [0.2, 0.25) is 0 Å². The number of anilines is 1.